The number of nitrogens with zero attached hydrogens (tertiary/aromatic N) is 2. The number of benzene rings is 1. The van der Waals surface area contributed by atoms with Gasteiger partial charge in [0.05, 0.1) is 14.2 Å². The molecule has 0 radical (unpaired) electrons. The number of nitrogens with one attached hydrogen (secondary N) is 1. The molecule has 0 bridgehead atoms. The molecule has 0 saturated carbocycles. The quantitative estimate of drug-likeness (QED) is 0.317. The minimum Gasteiger partial charge on any atom is -0.493 e. The summed E-state index contributed by atoms with van der Waals surface area (Å²) in [7, 11) is 3.31. The van der Waals surface area contributed by atoms with Gasteiger partial charge in [0.1, 0.15) is 0 Å². The van der Waals surface area contributed by atoms with Crippen molar-refractivity contribution >= 4 is 29.9 Å². The number of hydrogen-bond donors (Lipinski definition) is 2. The zero-order chi connectivity index (χ0) is 18.9. The molecule has 1 aliphatic heterocycles. The van der Waals surface area contributed by atoms with Crippen LogP contribution in [0.4, 0.5) is 0 Å². The van der Waals surface area contributed by atoms with E-state index < -0.39 is 0 Å². The van der Waals surface area contributed by atoms with E-state index in [9.17, 15) is 0 Å². The third-order valence-electron chi connectivity index (χ3n) is 5.03. The van der Waals surface area contributed by atoms with E-state index in [0.29, 0.717) is 24.5 Å². The topological polar surface area (TPSA) is 72.1 Å². The molecule has 154 valence electrons. The lowest BCUT2D eigenvalue weighted by molar-refractivity contribution is 0.267. The molecular weight excluding hydrogens is 455 g/mol. The van der Waals surface area contributed by atoms with Crippen molar-refractivity contribution in [1.29, 1.82) is 0 Å². The molecule has 1 heterocycles. The minimum absolute atomic E-state index is 0. The van der Waals surface area contributed by atoms with Crippen molar-refractivity contribution in [2.24, 2.45) is 16.6 Å². The van der Waals surface area contributed by atoms with Crippen molar-refractivity contribution in [2.45, 2.75) is 39.2 Å². The van der Waals surface area contributed by atoms with Gasteiger partial charge in [0.25, 0.3) is 0 Å². The van der Waals surface area contributed by atoms with Gasteiger partial charge in [0.15, 0.2) is 17.5 Å². The van der Waals surface area contributed by atoms with E-state index in [1.807, 2.05) is 12.1 Å². The van der Waals surface area contributed by atoms with E-state index in [1.165, 1.54) is 24.9 Å². The summed E-state index contributed by atoms with van der Waals surface area (Å²) in [5.74, 6) is 2.46. The molecule has 1 aromatic rings. The van der Waals surface area contributed by atoms with Gasteiger partial charge in [-0.15, -0.1) is 24.0 Å². The number of likely N-dealkylation sites (tertiary alicyclic amines) is 1. The van der Waals surface area contributed by atoms with Crippen LogP contribution in [0, 0.1) is 5.92 Å². The smallest absolute Gasteiger partial charge is 0.188 e. The molecule has 0 amide bonds. The molecule has 1 aliphatic rings. The number of ether oxygens (including phenoxy) is 2. The molecule has 6 nitrogen and oxygen atoms in total. The van der Waals surface area contributed by atoms with Gasteiger partial charge < -0.3 is 20.5 Å². The monoisotopic (exact) mass is 490 g/mol. The van der Waals surface area contributed by atoms with E-state index in [-0.39, 0.29) is 24.0 Å². The molecule has 0 aliphatic carbocycles. The molecule has 0 spiro atoms. The van der Waals surface area contributed by atoms with E-state index in [4.69, 9.17) is 15.2 Å². The fourth-order valence-electron chi connectivity index (χ4n) is 3.55. The second-order valence-electron chi connectivity index (χ2n) is 7.03. The molecule has 1 aromatic carbocycles. The summed E-state index contributed by atoms with van der Waals surface area (Å²) in [5.41, 5.74) is 7.26. The van der Waals surface area contributed by atoms with Gasteiger partial charge in [-0.2, -0.15) is 0 Å². The van der Waals surface area contributed by atoms with Crippen LogP contribution in [-0.2, 0) is 6.42 Å². The highest BCUT2D eigenvalue weighted by molar-refractivity contribution is 14.0. The number of hydrogen-bond acceptors (Lipinski definition) is 4. The Morgan fingerprint density at radius 1 is 1.33 bits per heavy atom. The van der Waals surface area contributed by atoms with Gasteiger partial charge >= 0.3 is 0 Å². The van der Waals surface area contributed by atoms with Crippen LogP contribution in [0.15, 0.2) is 23.2 Å². The Labute approximate surface area is 180 Å². The maximum atomic E-state index is 6.05. The van der Waals surface area contributed by atoms with Gasteiger partial charge in [0.2, 0.25) is 0 Å². The molecule has 2 rings (SSSR count). The summed E-state index contributed by atoms with van der Waals surface area (Å²) in [6.45, 7) is 8.28. The van der Waals surface area contributed by atoms with Crippen LogP contribution in [-0.4, -0.2) is 57.3 Å². The first kappa shape index (κ1) is 23.8. The third-order valence-corrected chi connectivity index (χ3v) is 5.03. The van der Waals surface area contributed by atoms with Crippen LogP contribution in [0.3, 0.4) is 0 Å². The van der Waals surface area contributed by atoms with Crippen LogP contribution in [0.5, 0.6) is 11.5 Å². The van der Waals surface area contributed by atoms with E-state index in [2.05, 4.69) is 35.1 Å². The Morgan fingerprint density at radius 3 is 2.74 bits per heavy atom. The summed E-state index contributed by atoms with van der Waals surface area (Å²) in [5, 5.41) is 3.29. The highest BCUT2D eigenvalue weighted by Gasteiger charge is 2.22. The second kappa shape index (κ2) is 12.3. The SMILES string of the molecule is CCN1CCCC1CNC(N)=NCC(C)Cc1ccc(OC)c(OC)c1.I. The predicted molar refractivity (Wildman–Crippen MR) is 123 cm³/mol. The summed E-state index contributed by atoms with van der Waals surface area (Å²) in [4.78, 5) is 7.02. The molecule has 0 aromatic heterocycles. The van der Waals surface area contributed by atoms with Gasteiger partial charge in [-0.3, -0.25) is 9.89 Å². The Kier molecular flexibility index (Phi) is 10.8. The maximum Gasteiger partial charge on any atom is 0.188 e. The molecular formula is C20H35IN4O2. The van der Waals surface area contributed by atoms with Crippen LogP contribution in [0.25, 0.3) is 0 Å². The van der Waals surface area contributed by atoms with Crippen molar-refractivity contribution < 1.29 is 9.47 Å². The minimum atomic E-state index is 0. The van der Waals surface area contributed by atoms with E-state index in [1.54, 1.807) is 14.2 Å². The molecule has 1 saturated heterocycles. The first-order valence-corrected chi connectivity index (χ1v) is 9.56. The highest BCUT2D eigenvalue weighted by atomic mass is 127. The van der Waals surface area contributed by atoms with Crippen molar-refractivity contribution in [2.75, 3.05) is 40.4 Å². The Balaban J connectivity index is 0.00000364. The van der Waals surface area contributed by atoms with E-state index >= 15 is 0 Å². The average molecular weight is 490 g/mol. The van der Waals surface area contributed by atoms with Crippen molar-refractivity contribution in [3.8, 4) is 11.5 Å². The zero-order valence-corrected chi connectivity index (χ0v) is 19.4. The first-order valence-electron chi connectivity index (χ1n) is 9.56. The fraction of sp³-hybridized carbons (Fsp3) is 0.650. The number of methoxy groups -OCH3 is 2. The fourth-order valence-corrected chi connectivity index (χ4v) is 3.55. The number of likely N-dealkylation sites (N-methyl/N-ethyl adjacent to an activating group) is 1. The van der Waals surface area contributed by atoms with Gasteiger partial charge in [-0.25, -0.2) is 0 Å². The largest absolute Gasteiger partial charge is 0.493 e. The number of guanidine groups is 1. The Morgan fingerprint density at radius 2 is 2.07 bits per heavy atom. The van der Waals surface area contributed by atoms with Crippen LogP contribution < -0.4 is 20.5 Å². The van der Waals surface area contributed by atoms with Crippen LogP contribution in [0.1, 0.15) is 32.3 Å². The molecule has 7 heteroatoms. The summed E-state index contributed by atoms with van der Waals surface area (Å²) < 4.78 is 10.7. The zero-order valence-electron chi connectivity index (χ0n) is 17.0. The highest BCUT2D eigenvalue weighted by Crippen LogP contribution is 2.28. The van der Waals surface area contributed by atoms with Crippen LogP contribution >= 0.6 is 24.0 Å². The lowest BCUT2D eigenvalue weighted by Gasteiger charge is -2.23. The third kappa shape index (κ3) is 7.37. The first-order chi connectivity index (χ1) is 12.6. The average Bonchev–Trinajstić information content (AvgIpc) is 3.12. The van der Waals surface area contributed by atoms with Crippen LogP contribution in [0.2, 0.25) is 0 Å². The normalized spacial score (nSPS) is 18.7. The standard InChI is InChI=1S/C20H34N4O2.HI/c1-5-24-10-6-7-17(24)14-23-20(21)22-13-15(2)11-16-8-9-18(25-3)19(12-16)26-4;/h8-9,12,15,17H,5-7,10-11,13-14H2,1-4H3,(H3,21,22,23);1H. The number of nitrogens with two attached hydrogens (primary N) is 1. The molecule has 27 heavy (non-hydrogen) atoms. The van der Waals surface area contributed by atoms with Gasteiger partial charge in [0, 0.05) is 19.1 Å². The Bertz CT molecular complexity index is 597. The van der Waals surface area contributed by atoms with Crippen molar-refractivity contribution in [3.63, 3.8) is 0 Å². The van der Waals surface area contributed by atoms with Crippen molar-refractivity contribution in [3.05, 3.63) is 23.8 Å². The molecule has 1 fully saturated rings. The molecule has 2 atom stereocenters. The summed E-state index contributed by atoms with van der Waals surface area (Å²) in [6, 6.07) is 6.63. The maximum absolute atomic E-state index is 6.05. The molecule has 3 N–H and O–H groups in total. The Hall–Kier alpha value is -1.22. The summed E-state index contributed by atoms with van der Waals surface area (Å²) >= 11 is 0. The second-order valence-corrected chi connectivity index (χ2v) is 7.03. The lowest BCUT2D eigenvalue weighted by Crippen LogP contribution is -2.42. The van der Waals surface area contributed by atoms with E-state index in [0.717, 1.165) is 31.0 Å². The van der Waals surface area contributed by atoms with Gasteiger partial charge in [-0.05, 0) is 56.0 Å². The van der Waals surface area contributed by atoms with Crippen molar-refractivity contribution in [1.82, 2.24) is 10.2 Å². The number of halogens is 1. The number of rotatable bonds is 9. The molecule has 2 unspecified atom stereocenters. The number of aliphatic imine (C=N–C) groups is 1. The van der Waals surface area contributed by atoms with Gasteiger partial charge in [-0.1, -0.05) is 19.9 Å². The lowest BCUT2D eigenvalue weighted by atomic mass is 10.0. The summed E-state index contributed by atoms with van der Waals surface area (Å²) in [6.07, 6.45) is 3.44. The predicted octanol–water partition coefficient (Wildman–Crippen LogP) is 2.89.